The molecule has 1 atom stereocenters. The molecule has 0 unspecified atom stereocenters. The molecule has 1 aromatic carbocycles. The Balaban J connectivity index is 1.70. The van der Waals surface area contributed by atoms with Crippen LogP contribution in [0.1, 0.15) is 5.56 Å². The fraction of sp³-hybridized carbons (Fsp3) is 0.600. The lowest BCUT2D eigenvalue weighted by Gasteiger charge is -2.46. The van der Waals surface area contributed by atoms with E-state index >= 15 is 0 Å². The monoisotopic (exact) mass is 315 g/mol. The van der Waals surface area contributed by atoms with Crippen molar-refractivity contribution in [2.75, 3.05) is 46.3 Å². The summed E-state index contributed by atoms with van der Waals surface area (Å²) in [4.78, 5) is 6.91. The molecule has 21 heavy (non-hydrogen) atoms. The van der Waals surface area contributed by atoms with Gasteiger partial charge in [0.05, 0.1) is 5.02 Å². The van der Waals surface area contributed by atoms with E-state index in [2.05, 4.69) is 21.7 Å². The van der Waals surface area contributed by atoms with Crippen molar-refractivity contribution in [2.24, 2.45) is 0 Å². The summed E-state index contributed by atoms with van der Waals surface area (Å²) in [5, 5.41) is -0.0116. The highest BCUT2D eigenvalue weighted by Gasteiger charge is 2.31. The van der Waals surface area contributed by atoms with Crippen LogP contribution in [-0.2, 0) is 6.54 Å². The second-order valence-electron chi connectivity index (χ2n) is 6.01. The lowest BCUT2D eigenvalue weighted by Crippen LogP contribution is -2.61. The lowest BCUT2D eigenvalue weighted by molar-refractivity contribution is 0.0168. The van der Waals surface area contributed by atoms with Gasteiger partial charge in [0, 0.05) is 57.4 Å². The van der Waals surface area contributed by atoms with Crippen molar-refractivity contribution in [1.29, 1.82) is 0 Å². The Kier molecular flexibility index (Phi) is 4.45. The minimum absolute atomic E-state index is 0.0116. The highest BCUT2D eigenvalue weighted by Crippen LogP contribution is 2.24. The van der Waals surface area contributed by atoms with Gasteiger partial charge in [-0.1, -0.05) is 11.6 Å². The average Bonchev–Trinajstić information content (AvgIpc) is 2.47. The van der Waals surface area contributed by atoms with Gasteiger partial charge in [-0.3, -0.25) is 9.80 Å². The molecule has 0 spiro atoms. The highest BCUT2D eigenvalue weighted by molar-refractivity contribution is 6.30. The van der Waals surface area contributed by atoms with Crippen molar-refractivity contribution < 1.29 is 8.78 Å². The Morgan fingerprint density at radius 1 is 1.14 bits per heavy atom. The van der Waals surface area contributed by atoms with Gasteiger partial charge in [-0.2, -0.15) is 0 Å². The normalized spacial score (nSPS) is 25.0. The first-order valence-corrected chi connectivity index (χ1v) is 7.69. The third-order valence-electron chi connectivity index (χ3n) is 4.50. The van der Waals surface area contributed by atoms with Crippen molar-refractivity contribution in [3.63, 3.8) is 0 Å². The van der Waals surface area contributed by atoms with Crippen molar-refractivity contribution in [3.05, 3.63) is 34.4 Å². The first-order chi connectivity index (χ1) is 10.0. The van der Waals surface area contributed by atoms with Gasteiger partial charge in [0.15, 0.2) is 0 Å². The fourth-order valence-corrected chi connectivity index (χ4v) is 3.43. The number of likely N-dealkylation sites (N-methyl/N-ethyl adjacent to an activating group) is 1. The van der Waals surface area contributed by atoms with E-state index in [-0.39, 0.29) is 17.1 Å². The van der Waals surface area contributed by atoms with E-state index in [4.69, 9.17) is 11.6 Å². The van der Waals surface area contributed by atoms with Crippen LogP contribution in [0.5, 0.6) is 0 Å². The van der Waals surface area contributed by atoms with Crippen LogP contribution in [-0.4, -0.2) is 67.1 Å². The number of benzene rings is 1. The van der Waals surface area contributed by atoms with Crippen molar-refractivity contribution >= 4 is 11.6 Å². The zero-order valence-electron chi connectivity index (χ0n) is 12.2. The standard InChI is InChI=1S/C15H20ClF2N3/c1-19-4-6-21-7-5-20(9-11(21)8-19)10-12-14(17)3-2-13(16)15(12)18/h2-3,11H,4-10H2,1H3/t11-/m1/s1. The van der Waals surface area contributed by atoms with Gasteiger partial charge < -0.3 is 4.90 Å². The average molecular weight is 316 g/mol. The van der Waals surface area contributed by atoms with Gasteiger partial charge >= 0.3 is 0 Å². The second kappa shape index (κ2) is 6.16. The number of hydrogen-bond donors (Lipinski definition) is 0. The Morgan fingerprint density at radius 3 is 2.71 bits per heavy atom. The number of halogens is 3. The van der Waals surface area contributed by atoms with Crippen LogP contribution < -0.4 is 0 Å². The first kappa shape index (κ1) is 15.2. The molecule has 0 aromatic heterocycles. The van der Waals surface area contributed by atoms with Crippen molar-refractivity contribution in [2.45, 2.75) is 12.6 Å². The maximum Gasteiger partial charge on any atom is 0.149 e. The second-order valence-corrected chi connectivity index (χ2v) is 6.42. The van der Waals surface area contributed by atoms with E-state index in [0.29, 0.717) is 6.04 Å². The zero-order chi connectivity index (χ0) is 15.0. The summed E-state index contributed by atoms with van der Waals surface area (Å²) in [6.45, 7) is 6.11. The number of hydrogen-bond acceptors (Lipinski definition) is 3. The summed E-state index contributed by atoms with van der Waals surface area (Å²) in [6, 6.07) is 2.96. The molecule has 6 heteroatoms. The number of nitrogens with zero attached hydrogens (tertiary/aromatic N) is 3. The summed E-state index contributed by atoms with van der Waals surface area (Å²) < 4.78 is 27.8. The largest absolute Gasteiger partial charge is 0.303 e. The summed E-state index contributed by atoms with van der Waals surface area (Å²) in [6.07, 6.45) is 0. The SMILES string of the molecule is CN1CCN2CCN(Cc3c(F)ccc(Cl)c3F)C[C@H]2C1. The van der Waals surface area contributed by atoms with E-state index in [0.717, 1.165) is 39.3 Å². The minimum Gasteiger partial charge on any atom is -0.303 e. The quantitative estimate of drug-likeness (QED) is 0.774. The van der Waals surface area contributed by atoms with Crippen LogP contribution in [0.15, 0.2) is 12.1 Å². The molecule has 0 saturated carbocycles. The smallest absolute Gasteiger partial charge is 0.149 e. The predicted octanol–water partition coefficient (Wildman–Crippen LogP) is 2.05. The molecule has 1 aromatic rings. The molecule has 2 aliphatic heterocycles. The van der Waals surface area contributed by atoms with Crippen LogP contribution in [0.25, 0.3) is 0 Å². The number of fused-ring (bicyclic) bond motifs is 1. The van der Waals surface area contributed by atoms with Crippen LogP contribution in [0, 0.1) is 11.6 Å². The van der Waals surface area contributed by atoms with Gasteiger partial charge in [0.25, 0.3) is 0 Å². The van der Waals surface area contributed by atoms with E-state index in [1.165, 1.54) is 12.1 Å². The maximum absolute atomic E-state index is 14.0. The number of piperazine rings is 2. The van der Waals surface area contributed by atoms with Gasteiger partial charge in [-0.25, -0.2) is 8.78 Å². The molecule has 0 amide bonds. The van der Waals surface area contributed by atoms with Gasteiger partial charge in [-0.05, 0) is 19.2 Å². The summed E-state index contributed by atoms with van der Waals surface area (Å²) in [5.41, 5.74) is 0.0834. The topological polar surface area (TPSA) is 9.72 Å². The Bertz CT molecular complexity index is 526. The third-order valence-corrected chi connectivity index (χ3v) is 4.79. The van der Waals surface area contributed by atoms with Crippen LogP contribution in [0.2, 0.25) is 5.02 Å². The molecule has 2 fully saturated rings. The van der Waals surface area contributed by atoms with Crippen LogP contribution >= 0.6 is 11.6 Å². The molecule has 3 nitrogen and oxygen atoms in total. The Hall–Kier alpha value is -0.750. The van der Waals surface area contributed by atoms with E-state index in [1.54, 1.807) is 0 Å². The van der Waals surface area contributed by atoms with E-state index < -0.39 is 11.6 Å². The van der Waals surface area contributed by atoms with Crippen LogP contribution in [0.4, 0.5) is 8.78 Å². The lowest BCUT2D eigenvalue weighted by atomic mass is 10.1. The number of rotatable bonds is 2. The summed E-state index contributed by atoms with van der Waals surface area (Å²) >= 11 is 5.76. The van der Waals surface area contributed by atoms with Gasteiger partial charge in [0.2, 0.25) is 0 Å². The molecule has 0 radical (unpaired) electrons. The Morgan fingerprint density at radius 2 is 1.90 bits per heavy atom. The molecule has 2 aliphatic rings. The molecule has 116 valence electrons. The minimum atomic E-state index is -0.625. The summed E-state index contributed by atoms with van der Waals surface area (Å²) in [5.74, 6) is -1.14. The Labute approximate surface area is 129 Å². The van der Waals surface area contributed by atoms with Crippen molar-refractivity contribution in [3.8, 4) is 0 Å². The molecule has 0 bridgehead atoms. The zero-order valence-corrected chi connectivity index (χ0v) is 12.9. The van der Waals surface area contributed by atoms with E-state index in [9.17, 15) is 8.78 Å². The molecule has 0 aliphatic carbocycles. The van der Waals surface area contributed by atoms with Gasteiger partial charge in [0.1, 0.15) is 11.6 Å². The molecule has 2 saturated heterocycles. The first-order valence-electron chi connectivity index (χ1n) is 7.32. The highest BCUT2D eigenvalue weighted by atomic mass is 35.5. The molecule has 3 rings (SSSR count). The third kappa shape index (κ3) is 3.21. The predicted molar refractivity (Wildman–Crippen MR) is 79.5 cm³/mol. The fourth-order valence-electron chi connectivity index (χ4n) is 3.26. The van der Waals surface area contributed by atoms with Crippen LogP contribution in [0.3, 0.4) is 0 Å². The molecular formula is C15H20ClF2N3. The maximum atomic E-state index is 14.0. The van der Waals surface area contributed by atoms with Gasteiger partial charge in [-0.15, -0.1) is 0 Å². The van der Waals surface area contributed by atoms with Crippen molar-refractivity contribution in [1.82, 2.24) is 14.7 Å². The molecule has 0 N–H and O–H groups in total. The summed E-state index contributed by atoms with van der Waals surface area (Å²) in [7, 11) is 2.12. The van der Waals surface area contributed by atoms with E-state index in [1.807, 2.05) is 0 Å². The molecular weight excluding hydrogens is 296 g/mol. The molecule has 2 heterocycles.